The minimum absolute atomic E-state index is 0.0625. The highest BCUT2D eigenvalue weighted by Gasteiger charge is 2.23. The molecule has 2 aromatic rings. The summed E-state index contributed by atoms with van der Waals surface area (Å²) in [6, 6.07) is 13.5. The zero-order valence-corrected chi connectivity index (χ0v) is 16.1. The van der Waals surface area contributed by atoms with Crippen molar-refractivity contribution in [2.45, 2.75) is 13.0 Å². The predicted molar refractivity (Wildman–Crippen MR) is 108 cm³/mol. The Labute approximate surface area is 168 Å². The molecule has 1 aliphatic rings. The largest absolute Gasteiger partial charge is 0.507 e. The molecule has 29 heavy (non-hydrogen) atoms. The topological polar surface area (TPSA) is 100 Å². The van der Waals surface area contributed by atoms with E-state index < -0.39 is 12.0 Å². The normalized spacial score (nSPS) is 15.1. The highest BCUT2D eigenvalue weighted by atomic mass is 16.6. The van der Waals surface area contributed by atoms with Crippen LogP contribution in [-0.2, 0) is 14.4 Å². The van der Waals surface area contributed by atoms with E-state index in [1.54, 1.807) is 54.3 Å². The van der Waals surface area contributed by atoms with Crippen LogP contribution in [0.4, 0.5) is 5.69 Å². The number of ether oxygens (including phenoxy) is 1. The molecule has 1 fully saturated rings. The van der Waals surface area contributed by atoms with Crippen molar-refractivity contribution in [1.29, 1.82) is 0 Å². The van der Waals surface area contributed by atoms with Crippen LogP contribution in [0, 0.1) is 0 Å². The predicted octanol–water partition coefficient (Wildman–Crippen LogP) is 2.24. The van der Waals surface area contributed by atoms with Gasteiger partial charge in [0.05, 0.1) is 30.7 Å². The van der Waals surface area contributed by atoms with E-state index in [2.05, 4.69) is 10.5 Å². The Balaban J connectivity index is 1.62. The fraction of sp³-hybridized carbons (Fsp3) is 0.286. The molecule has 2 amide bonds. The van der Waals surface area contributed by atoms with Crippen LogP contribution in [0.25, 0.3) is 0 Å². The first-order valence-corrected chi connectivity index (χ1v) is 9.30. The van der Waals surface area contributed by atoms with Crippen LogP contribution >= 0.6 is 0 Å². The third-order valence-corrected chi connectivity index (χ3v) is 4.43. The van der Waals surface area contributed by atoms with E-state index in [1.807, 2.05) is 0 Å². The highest BCUT2D eigenvalue weighted by molar-refractivity contribution is 6.04. The Morgan fingerprint density at radius 1 is 1.17 bits per heavy atom. The molecule has 3 rings (SSSR count). The van der Waals surface area contributed by atoms with Gasteiger partial charge in [0.1, 0.15) is 5.75 Å². The summed E-state index contributed by atoms with van der Waals surface area (Å²) in [7, 11) is 0. The van der Waals surface area contributed by atoms with Crippen molar-refractivity contribution in [3.05, 3.63) is 59.7 Å². The van der Waals surface area contributed by atoms with Crippen LogP contribution in [0.15, 0.2) is 53.7 Å². The molecule has 0 aromatic heterocycles. The number of carbonyl (C=O) groups excluding carboxylic acids is 2. The lowest BCUT2D eigenvalue weighted by Gasteiger charge is -2.27. The second kappa shape index (κ2) is 9.70. The Morgan fingerprint density at radius 3 is 2.62 bits per heavy atom. The molecule has 1 heterocycles. The van der Waals surface area contributed by atoms with E-state index in [-0.39, 0.29) is 11.7 Å². The second-order valence-corrected chi connectivity index (χ2v) is 6.48. The monoisotopic (exact) mass is 397 g/mol. The molecule has 0 radical (unpaired) electrons. The van der Waals surface area contributed by atoms with Crippen LogP contribution in [0.3, 0.4) is 0 Å². The minimum atomic E-state index is -0.899. The second-order valence-electron chi connectivity index (χ2n) is 6.48. The molecule has 2 N–H and O–H groups in total. The summed E-state index contributed by atoms with van der Waals surface area (Å²) in [5.74, 6) is -0.537. The number of oxime groups is 1. The third kappa shape index (κ3) is 5.32. The van der Waals surface area contributed by atoms with Crippen molar-refractivity contribution in [2.75, 3.05) is 31.6 Å². The number of para-hydroxylation sites is 2. The molecule has 2 aromatic carbocycles. The molecular formula is C21H23N3O5. The SMILES string of the molecule is C[C@@H](ON=Cc1ccccc1O)C(=O)Nc1ccccc1C(=O)N1CCOCC1. The number of anilines is 1. The van der Waals surface area contributed by atoms with Crippen molar-refractivity contribution >= 4 is 23.7 Å². The van der Waals surface area contributed by atoms with Gasteiger partial charge in [0.2, 0.25) is 6.10 Å². The van der Waals surface area contributed by atoms with Crippen LogP contribution in [0.5, 0.6) is 5.75 Å². The molecule has 0 unspecified atom stereocenters. The number of amides is 2. The number of rotatable bonds is 6. The summed E-state index contributed by atoms with van der Waals surface area (Å²) in [4.78, 5) is 32.1. The fourth-order valence-electron chi connectivity index (χ4n) is 2.77. The first kappa shape index (κ1) is 20.3. The maximum absolute atomic E-state index is 12.8. The van der Waals surface area contributed by atoms with Gasteiger partial charge in [-0.25, -0.2) is 0 Å². The van der Waals surface area contributed by atoms with Crippen molar-refractivity contribution in [3.63, 3.8) is 0 Å². The number of phenols is 1. The molecule has 152 valence electrons. The summed E-state index contributed by atoms with van der Waals surface area (Å²) in [5.41, 5.74) is 1.29. The lowest BCUT2D eigenvalue weighted by molar-refractivity contribution is -0.126. The maximum Gasteiger partial charge on any atom is 0.268 e. The van der Waals surface area contributed by atoms with Gasteiger partial charge >= 0.3 is 0 Å². The van der Waals surface area contributed by atoms with Crippen molar-refractivity contribution in [2.24, 2.45) is 5.16 Å². The summed E-state index contributed by atoms with van der Waals surface area (Å²) in [5, 5.41) is 16.2. The number of carbonyl (C=O) groups is 2. The Bertz CT molecular complexity index is 893. The molecule has 1 saturated heterocycles. The fourth-order valence-corrected chi connectivity index (χ4v) is 2.77. The molecule has 1 aliphatic heterocycles. The maximum atomic E-state index is 12.8. The van der Waals surface area contributed by atoms with E-state index in [9.17, 15) is 14.7 Å². The van der Waals surface area contributed by atoms with Crippen LogP contribution < -0.4 is 5.32 Å². The quantitative estimate of drug-likeness (QED) is 0.575. The zero-order valence-electron chi connectivity index (χ0n) is 16.1. The van der Waals surface area contributed by atoms with Gasteiger partial charge in [0.25, 0.3) is 11.8 Å². The minimum Gasteiger partial charge on any atom is -0.507 e. The van der Waals surface area contributed by atoms with Crippen LogP contribution in [0.1, 0.15) is 22.8 Å². The average Bonchev–Trinajstić information content (AvgIpc) is 2.75. The van der Waals surface area contributed by atoms with Gasteiger partial charge in [-0.05, 0) is 31.2 Å². The third-order valence-electron chi connectivity index (χ3n) is 4.43. The van der Waals surface area contributed by atoms with E-state index in [0.717, 1.165) is 0 Å². The van der Waals surface area contributed by atoms with Crippen LogP contribution in [0.2, 0.25) is 0 Å². The molecule has 0 aliphatic carbocycles. The molecule has 8 nitrogen and oxygen atoms in total. The molecule has 1 atom stereocenters. The molecule has 0 bridgehead atoms. The van der Waals surface area contributed by atoms with Crippen LogP contribution in [-0.4, -0.2) is 60.4 Å². The van der Waals surface area contributed by atoms with E-state index in [0.29, 0.717) is 43.1 Å². The van der Waals surface area contributed by atoms with Gasteiger partial charge in [-0.2, -0.15) is 0 Å². The van der Waals surface area contributed by atoms with Gasteiger partial charge in [-0.15, -0.1) is 0 Å². The highest BCUT2D eigenvalue weighted by Crippen LogP contribution is 2.19. The van der Waals surface area contributed by atoms with E-state index in [4.69, 9.17) is 9.57 Å². The number of nitrogens with one attached hydrogen (secondary N) is 1. The summed E-state index contributed by atoms with van der Waals surface area (Å²) in [6.45, 7) is 3.58. The molecule has 8 heteroatoms. The van der Waals surface area contributed by atoms with Gasteiger partial charge in [0.15, 0.2) is 0 Å². The van der Waals surface area contributed by atoms with Gasteiger partial charge in [-0.3, -0.25) is 9.59 Å². The number of hydrogen-bond acceptors (Lipinski definition) is 6. The number of morpholine rings is 1. The van der Waals surface area contributed by atoms with Crippen molar-refractivity contribution in [3.8, 4) is 5.75 Å². The van der Waals surface area contributed by atoms with E-state index in [1.165, 1.54) is 12.3 Å². The number of aromatic hydroxyl groups is 1. The Kier molecular flexibility index (Phi) is 6.80. The molecular weight excluding hydrogens is 374 g/mol. The zero-order chi connectivity index (χ0) is 20.6. The number of phenolic OH excluding ortho intramolecular Hbond substituents is 1. The lowest BCUT2D eigenvalue weighted by Crippen LogP contribution is -2.41. The summed E-state index contributed by atoms with van der Waals surface area (Å²) in [6.07, 6.45) is 0.429. The van der Waals surface area contributed by atoms with Crippen molar-refractivity contribution < 1.29 is 24.3 Å². The first-order chi connectivity index (χ1) is 14.1. The smallest absolute Gasteiger partial charge is 0.268 e. The Hall–Kier alpha value is -3.39. The van der Waals surface area contributed by atoms with Gasteiger partial charge in [0, 0.05) is 18.7 Å². The number of nitrogens with zero attached hydrogens (tertiary/aromatic N) is 2. The average molecular weight is 397 g/mol. The summed E-state index contributed by atoms with van der Waals surface area (Å²) >= 11 is 0. The Morgan fingerprint density at radius 2 is 1.86 bits per heavy atom. The lowest BCUT2D eigenvalue weighted by atomic mass is 10.1. The first-order valence-electron chi connectivity index (χ1n) is 9.30. The number of benzene rings is 2. The van der Waals surface area contributed by atoms with Crippen molar-refractivity contribution in [1.82, 2.24) is 4.90 Å². The summed E-state index contributed by atoms with van der Waals surface area (Å²) < 4.78 is 5.28. The number of hydrogen-bond donors (Lipinski definition) is 2. The molecule has 0 spiro atoms. The van der Waals surface area contributed by atoms with Gasteiger partial charge in [-0.1, -0.05) is 29.4 Å². The standard InChI is InChI=1S/C21H23N3O5/c1-15(29-22-14-16-6-2-5-9-19(16)25)20(26)23-18-8-4-3-7-17(18)21(27)24-10-12-28-13-11-24/h2-9,14-15,25H,10-13H2,1H3,(H,23,26)/t15-/m1/s1. The van der Waals surface area contributed by atoms with E-state index >= 15 is 0 Å². The molecule has 0 saturated carbocycles. The van der Waals surface area contributed by atoms with Gasteiger partial charge < -0.3 is 24.9 Å².